The normalized spacial score (nSPS) is 10.6. The van der Waals surface area contributed by atoms with E-state index < -0.39 is 0 Å². The third-order valence-corrected chi connectivity index (χ3v) is 3.65. The molecule has 2 aromatic carbocycles. The largest absolute Gasteiger partial charge is 0.322 e. The molecule has 0 radical (unpaired) electrons. The van der Waals surface area contributed by atoms with Gasteiger partial charge in [0, 0.05) is 16.2 Å². The van der Waals surface area contributed by atoms with Crippen molar-refractivity contribution < 1.29 is 4.79 Å². The smallest absolute Gasteiger partial charge is 0.248 e. The van der Waals surface area contributed by atoms with Gasteiger partial charge in [-0.1, -0.05) is 41.9 Å². The Bertz CT molecular complexity index is 611. The van der Waals surface area contributed by atoms with Gasteiger partial charge in [0.25, 0.3) is 0 Å². The lowest BCUT2D eigenvalue weighted by molar-refractivity contribution is -0.111. The van der Waals surface area contributed by atoms with Crippen LogP contribution in [0, 0.1) is 0 Å². The van der Waals surface area contributed by atoms with Crippen LogP contribution in [0.2, 0.25) is 5.02 Å². The fourth-order valence-electron chi connectivity index (χ4n) is 1.49. The molecule has 0 aliphatic heterocycles. The van der Waals surface area contributed by atoms with Crippen molar-refractivity contribution in [1.82, 2.24) is 0 Å². The average molecular weight is 337 g/mol. The van der Waals surface area contributed by atoms with Gasteiger partial charge in [-0.05, 0) is 45.8 Å². The van der Waals surface area contributed by atoms with Gasteiger partial charge < -0.3 is 5.32 Å². The van der Waals surface area contributed by atoms with Gasteiger partial charge >= 0.3 is 0 Å². The number of amides is 1. The summed E-state index contributed by atoms with van der Waals surface area (Å²) >= 11 is 9.25. The van der Waals surface area contributed by atoms with Crippen LogP contribution >= 0.6 is 27.5 Å². The standard InChI is InChI=1S/C15H11BrClNO/c16-13-8-7-12(10-14(13)17)18-15(19)9-6-11-4-2-1-3-5-11/h1-10H,(H,18,19)/b9-6+. The highest BCUT2D eigenvalue weighted by Gasteiger charge is 2.01. The molecule has 0 aromatic heterocycles. The highest BCUT2D eigenvalue weighted by Crippen LogP contribution is 2.25. The van der Waals surface area contributed by atoms with E-state index in [0.717, 1.165) is 10.0 Å². The van der Waals surface area contributed by atoms with Gasteiger partial charge in [0.2, 0.25) is 5.91 Å². The number of benzene rings is 2. The maximum absolute atomic E-state index is 11.7. The monoisotopic (exact) mass is 335 g/mol. The van der Waals surface area contributed by atoms with Crippen LogP contribution in [0.25, 0.3) is 6.08 Å². The van der Waals surface area contributed by atoms with Gasteiger partial charge in [0.05, 0.1) is 5.02 Å². The lowest BCUT2D eigenvalue weighted by Gasteiger charge is -2.03. The third kappa shape index (κ3) is 4.23. The Hall–Kier alpha value is -1.58. The Balaban J connectivity index is 2.01. The Labute approximate surface area is 125 Å². The number of carbonyl (C=O) groups excluding carboxylic acids is 1. The second-order valence-electron chi connectivity index (χ2n) is 3.86. The minimum atomic E-state index is -0.192. The van der Waals surface area contributed by atoms with Crippen molar-refractivity contribution in [3.63, 3.8) is 0 Å². The molecule has 1 N–H and O–H groups in total. The lowest BCUT2D eigenvalue weighted by atomic mass is 10.2. The van der Waals surface area contributed by atoms with E-state index in [2.05, 4.69) is 21.2 Å². The molecule has 19 heavy (non-hydrogen) atoms. The van der Waals surface area contributed by atoms with Crippen molar-refractivity contribution >= 4 is 45.2 Å². The van der Waals surface area contributed by atoms with E-state index >= 15 is 0 Å². The summed E-state index contributed by atoms with van der Waals surface area (Å²) in [6, 6.07) is 14.9. The third-order valence-electron chi connectivity index (χ3n) is 2.41. The molecule has 0 fully saturated rings. The SMILES string of the molecule is O=C(/C=C/c1ccccc1)Nc1ccc(Br)c(Cl)c1. The fourth-order valence-corrected chi connectivity index (χ4v) is 1.92. The van der Waals surface area contributed by atoms with Crippen LogP contribution in [0.5, 0.6) is 0 Å². The van der Waals surface area contributed by atoms with Crippen molar-refractivity contribution in [2.75, 3.05) is 5.32 Å². The first-order valence-electron chi connectivity index (χ1n) is 5.64. The van der Waals surface area contributed by atoms with Crippen molar-refractivity contribution in [2.45, 2.75) is 0 Å². The van der Waals surface area contributed by atoms with Crippen LogP contribution < -0.4 is 5.32 Å². The van der Waals surface area contributed by atoms with E-state index in [0.29, 0.717) is 10.7 Å². The maximum atomic E-state index is 11.7. The predicted octanol–water partition coefficient (Wildman–Crippen LogP) is 4.75. The number of anilines is 1. The zero-order valence-electron chi connectivity index (χ0n) is 9.94. The van der Waals surface area contributed by atoms with Crippen LogP contribution in [0.1, 0.15) is 5.56 Å². The summed E-state index contributed by atoms with van der Waals surface area (Å²) in [6.07, 6.45) is 3.25. The van der Waals surface area contributed by atoms with E-state index in [1.807, 2.05) is 30.3 Å². The number of hydrogen-bond acceptors (Lipinski definition) is 1. The minimum Gasteiger partial charge on any atom is -0.322 e. The van der Waals surface area contributed by atoms with Gasteiger partial charge in [-0.15, -0.1) is 0 Å². The summed E-state index contributed by atoms with van der Waals surface area (Å²) < 4.78 is 0.798. The van der Waals surface area contributed by atoms with E-state index in [9.17, 15) is 4.79 Å². The second-order valence-corrected chi connectivity index (χ2v) is 5.12. The van der Waals surface area contributed by atoms with Gasteiger partial charge in [0.1, 0.15) is 0 Å². The highest BCUT2D eigenvalue weighted by atomic mass is 79.9. The van der Waals surface area contributed by atoms with Crippen LogP contribution in [-0.4, -0.2) is 5.91 Å². The summed E-state index contributed by atoms with van der Waals surface area (Å²) in [5.74, 6) is -0.192. The number of hydrogen-bond donors (Lipinski definition) is 1. The number of nitrogens with one attached hydrogen (secondary N) is 1. The van der Waals surface area contributed by atoms with Crippen LogP contribution in [0.3, 0.4) is 0 Å². The maximum Gasteiger partial charge on any atom is 0.248 e. The van der Waals surface area contributed by atoms with Gasteiger partial charge in [-0.25, -0.2) is 0 Å². The Morgan fingerprint density at radius 2 is 1.89 bits per heavy atom. The molecule has 0 aliphatic carbocycles. The molecule has 0 saturated heterocycles. The summed E-state index contributed by atoms with van der Waals surface area (Å²) in [5, 5.41) is 3.31. The van der Waals surface area contributed by atoms with E-state index in [-0.39, 0.29) is 5.91 Å². The van der Waals surface area contributed by atoms with Gasteiger partial charge in [-0.3, -0.25) is 4.79 Å². The van der Waals surface area contributed by atoms with Gasteiger partial charge in [-0.2, -0.15) is 0 Å². The quantitative estimate of drug-likeness (QED) is 0.805. The first-order valence-corrected chi connectivity index (χ1v) is 6.81. The molecule has 0 heterocycles. The van der Waals surface area contributed by atoms with Crippen LogP contribution in [0.15, 0.2) is 59.1 Å². The molecule has 2 rings (SSSR count). The van der Waals surface area contributed by atoms with Crippen LogP contribution in [-0.2, 0) is 4.79 Å². The molecule has 0 atom stereocenters. The van der Waals surface area contributed by atoms with Crippen molar-refractivity contribution in [3.05, 3.63) is 69.7 Å². The molecule has 0 spiro atoms. The predicted molar refractivity (Wildman–Crippen MR) is 83.3 cm³/mol. The molecule has 2 aromatic rings. The molecular weight excluding hydrogens is 326 g/mol. The molecule has 0 saturated carbocycles. The molecule has 0 bridgehead atoms. The summed E-state index contributed by atoms with van der Waals surface area (Å²) in [4.78, 5) is 11.7. The van der Waals surface area contributed by atoms with E-state index in [1.165, 1.54) is 6.08 Å². The van der Waals surface area contributed by atoms with Crippen molar-refractivity contribution in [3.8, 4) is 0 Å². The zero-order chi connectivity index (χ0) is 13.7. The zero-order valence-corrected chi connectivity index (χ0v) is 12.3. The summed E-state index contributed by atoms with van der Waals surface area (Å²) in [5.41, 5.74) is 1.64. The van der Waals surface area contributed by atoms with Crippen molar-refractivity contribution in [1.29, 1.82) is 0 Å². The molecule has 1 amide bonds. The van der Waals surface area contributed by atoms with Gasteiger partial charge in [0.15, 0.2) is 0 Å². The lowest BCUT2D eigenvalue weighted by Crippen LogP contribution is -2.07. The molecule has 4 heteroatoms. The highest BCUT2D eigenvalue weighted by molar-refractivity contribution is 9.10. The topological polar surface area (TPSA) is 29.1 Å². The molecule has 0 unspecified atom stereocenters. The molecular formula is C15H11BrClNO. The summed E-state index contributed by atoms with van der Waals surface area (Å²) in [6.45, 7) is 0. The number of rotatable bonds is 3. The Morgan fingerprint density at radius 1 is 1.16 bits per heavy atom. The van der Waals surface area contributed by atoms with Crippen molar-refractivity contribution in [2.24, 2.45) is 0 Å². The first-order chi connectivity index (χ1) is 9.15. The minimum absolute atomic E-state index is 0.192. The molecule has 0 aliphatic rings. The second kappa shape index (κ2) is 6.55. The summed E-state index contributed by atoms with van der Waals surface area (Å²) in [7, 11) is 0. The van der Waals surface area contributed by atoms with Crippen LogP contribution in [0.4, 0.5) is 5.69 Å². The fraction of sp³-hybridized carbons (Fsp3) is 0. The average Bonchev–Trinajstić information content (AvgIpc) is 2.42. The number of halogens is 2. The van der Waals surface area contributed by atoms with E-state index in [4.69, 9.17) is 11.6 Å². The first kappa shape index (κ1) is 13.8. The van der Waals surface area contributed by atoms with E-state index in [1.54, 1.807) is 24.3 Å². The Morgan fingerprint density at radius 3 is 2.58 bits per heavy atom. The molecule has 2 nitrogen and oxygen atoms in total. The number of carbonyl (C=O) groups is 1. The molecule has 96 valence electrons. The Kier molecular flexibility index (Phi) is 4.77.